The largest absolute Gasteiger partial charge is 0.496 e. The van der Waals surface area contributed by atoms with Gasteiger partial charge in [0.15, 0.2) is 0 Å². The highest BCUT2D eigenvalue weighted by molar-refractivity contribution is 9.10. The van der Waals surface area contributed by atoms with E-state index in [4.69, 9.17) is 10.5 Å². The topological polar surface area (TPSA) is 35.2 Å². The van der Waals surface area contributed by atoms with Crippen LogP contribution in [0.4, 0.5) is 13.2 Å². The van der Waals surface area contributed by atoms with Gasteiger partial charge in [-0.3, -0.25) is 0 Å². The zero-order valence-electron chi connectivity index (χ0n) is 9.22. The van der Waals surface area contributed by atoms with Gasteiger partial charge in [0, 0.05) is 22.5 Å². The first kappa shape index (κ1) is 14.3. The molecule has 1 aromatic carbocycles. The molecule has 96 valence electrons. The van der Waals surface area contributed by atoms with Crippen molar-refractivity contribution in [3.63, 3.8) is 0 Å². The molecule has 17 heavy (non-hydrogen) atoms. The van der Waals surface area contributed by atoms with Crippen LogP contribution in [0.25, 0.3) is 0 Å². The van der Waals surface area contributed by atoms with Gasteiger partial charge in [-0.2, -0.15) is 13.2 Å². The zero-order chi connectivity index (χ0) is 13.1. The molecule has 0 aliphatic rings. The highest BCUT2D eigenvalue weighted by atomic mass is 79.9. The summed E-state index contributed by atoms with van der Waals surface area (Å²) in [4.78, 5) is 0. The van der Waals surface area contributed by atoms with Gasteiger partial charge >= 0.3 is 6.18 Å². The summed E-state index contributed by atoms with van der Waals surface area (Å²) >= 11 is 3.25. The molecule has 0 aromatic heterocycles. The van der Waals surface area contributed by atoms with Gasteiger partial charge in [0.2, 0.25) is 0 Å². The minimum Gasteiger partial charge on any atom is -0.496 e. The SMILES string of the molecule is COc1ccc(Br)cc1[C@H](N)CCC(F)(F)F. The first-order valence-corrected chi connectivity index (χ1v) is 5.78. The van der Waals surface area contributed by atoms with Crippen LogP contribution in [0.1, 0.15) is 24.4 Å². The fraction of sp³-hybridized carbons (Fsp3) is 0.455. The molecule has 0 saturated heterocycles. The molecule has 0 unspecified atom stereocenters. The number of benzene rings is 1. The predicted molar refractivity (Wildman–Crippen MR) is 62.9 cm³/mol. The van der Waals surface area contributed by atoms with Crippen LogP contribution in [0.15, 0.2) is 22.7 Å². The third-order valence-electron chi connectivity index (χ3n) is 2.33. The van der Waals surface area contributed by atoms with Gasteiger partial charge in [-0.15, -0.1) is 0 Å². The number of ether oxygens (including phenoxy) is 1. The van der Waals surface area contributed by atoms with Gasteiger partial charge in [0.05, 0.1) is 7.11 Å². The highest BCUT2D eigenvalue weighted by Crippen LogP contribution is 2.32. The third-order valence-corrected chi connectivity index (χ3v) is 2.82. The summed E-state index contributed by atoms with van der Waals surface area (Å²) in [7, 11) is 1.46. The molecule has 1 aromatic rings. The maximum atomic E-state index is 12.1. The molecule has 0 fully saturated rings. The summed E-state index contributed by atoms with van der Waals surface area (Å²) in [6.07, 6.45) is -5.24. The first-order valence-electron chi connectivity index (χ1n) is 4.99. The molecule has 0 aliphatic carbocycles. The van der Waals surface area contributed by atoms with Crippen molar-refractivity contribution in [1.29, 1.82) is 0 Å². The van der Waals surface area contributed by atoms with Crippen molar-refractivity contribution in [3.05, 3.63) is 28.2 Å². The van der Waals surface area contributed by atoms with Gasteiger partial charge in [-0.1, -0.05) is 15.9 Å². The number of halogens is 4. The molecule has 6 heteroatoms. The Labute approximate surface area is 106 Å². The second-order valence-electron chi connectivity index (χ2n) is 3.65. The van der Waals surface area contributed by atoms with Gasteiger partial charge in [-0.05, 0) is 24.6 Å². The Morgan fingerprint density at radius 1 is 1.41 bits per heavy atom. The maximum Gasteiger partial charge on any atom is 0.389 e. The fourth-order valence-electron chi connectivity index (χ4n) is 1.47. The van der Waals surface area contributed by atoms with Crippen LogP contribution in [0.5, 0.6) is 5.75 Å². The van der Waals surface area contributed by atoms with Crippen molar-refractivity contribution in [2.24, 2.45) is 5.73 Å². The standard InChI is InChI=1S/C11H13BrF3NO/c1-17-10-3-2-7(12)6-8(10)9(16)4-5-11(13,14)15/h2-3,6,9H,4-5,16H2,1H3/t9-/m1/s1. The molecule has 0 spiro atoms. The monoisotopic (exact) mass is 311 g/mol. The third kappa shape index (κ3) is 4.55. The zero-order valence-corrected chi connectivity index (χ0v) is 10.8. The minimum atomic E-state index is -4.18. The summed E-state index contributed by atoms with van der Waals surface area (Å²) in [5.41, 5.74) is 6.32. The molecule has 0 aliphatic heterocycles. The maximum absolute atomic E-state index is 12.1. The lowest BCUT2D eigenvalue weighted by molar-refractivity contribution is -0.136. The molecular formula is C11H13BrF3NO. The Bertz CT molecular complexity index is 381. The number of hydrogen-bond acceptors (Lipinski definition) is 2. The summed E-state index contributed by atoms with van der Waals surface area (Å²) in [6, 6.07) is 4.41. The fourth-order valence-corrected chi connectivity index (χ4v) is 1.85. The number of methoxy groups -OCH3 is 1. The van der Waals surface area contributed by atoms with Gasteiger partial charge in [0.1, 0.15) is 5.75 Å². The Morgan fingerprint density at radius 3 is 2.59 bits per heavy atom. The average molecular weight is 312 g/mol. The molecule has 0 bridgehead atoms. The van der Waals surface area contributed by atoms with E-state index < -0.39 is 18.6 Å². The predicted octanol–water partition coefficient (Wildman–Crippen LogP) is 3.80. The van der Waals surface area contributed by atoms with E-state index in [-0.39, 0.29) is 6.42 Å². The van der Waals surface area contributed by atoms with Crippen molar-refractivity contribution >= 4 is 15.9 Å². The molecule has 1 rings (SSSR count). The molecule has 2 N–H and O–H groups in total. The van der Waals surface area contributed by atoms with Crippen LogP contribution in [-0.2, 0) is 0 Å². The summed E-state index contributed by atoms with van der Waals surface area (Å²) in [6.45, 7) is 0. The van der Waals surface area contributed by atoms with Gasteiger partial charge < -0.3 is 10.5 Å². The molecule has 0 heterocycles. The van der Waals surface area contributed by atoms with Crippen molar-refractivity contribution in [2.45, 2.75) is 25.1 Å². The lowest BCUT2D eigenvalue weighted by Gasteiger charge is -2.17. The highest BCUT2D eigenvalue weighted by Gasteiger charge is 2.28. The van der Waals surface area contributed by atoms with E-state index in [0.717, 1.165) is 4.47 Å². The minimum absolute atomic E-state index is 0.156. The van der Waals surface area contributed by atoms with Crippen molar-refractivity contribution in [3.8, 4) is 5.75 Å². The van der Waals surface area contributed by atoms with Crippen LogP contribution < -0.4 is 10.5 Å². The van der Waals surface area contributed by atoms with Crippen LogP contribution >= 0.6 is 15.9 Å². The lowest BCUT2D eigenvalue weighted by Crippen LogP contribution is -2.16. The van der Waals surface area contributed by atoms with Gasteiger partial charge in [-0.25, -0.2) is 0 Å². The van der Waals surface area contributed by atoms with E-state index in [1.807, 2.05) is 0 Å². The van der Waals surface area contributed by atoms with E-state index in [1.165, 1.54) is 7.11 Å². The van der Waals surface area contributed by atoms with Crippen LogP contribution in [-0.4, -0.2) is 13.3 Å². The number of alkyl halides is 3. The molecule has 0 saturated carbocycles. The van der Waals surface area contributed by atoms with Crippen molar-refractivity contribution in [1.82, 2.24) is 0 Å². The molecular weight excluding hydrogens is 299 g/mol. The smallest absolute Gasteiger partial charge is 0.389 e. The Balaban J connectivity index is 2.80. The summed E-state index contributed by atoms with van der Waals surface area (Å²) in [5, 5.41) is 0. The second kappa shape index (κ2) is 5.73. The quantitative estimate of drug-likeness (QED) is 0.918. The number of rotatable bonds is 4. The Hall–Kier alpha value is -0.750. The van der Waals surface area contributed by atoms with Crippen LogP contribution in [0.3, 0.4) is 0 Å². The lowest BCUT2D eigenvalue weighted by atomic mass is 10.0. The van der Waals surface area contributed by atoms with E-state index >= 15 is 0 Å². The van der Waals surface area contributed by atoms with E-state index in [2.05, 4.69) is 15.9 Å². The van der Waals surface area contributed by atoms with E-state index in [0.29, 0.717) is 11.3 Å². The second-order valence-corrected chi connectivity index (χ2v) is 4.56. The Kier molecular flexibility index (Phi) is 4.82. The van der Waals surface area contributed by atoms with Crippen molar-refractivity contribution < 1.29 is 17.9 Å². The normalized spacial score (nSPS) is 13.5. The molecule has 0 amide bonds. The van der Waals surface area contributed by atoms with Gasteiger partial charge in [0.25, 0.3) is 0 Å². The van der Waals surface area contributed by atoms with E-state index in [1.54, 1.807) is 18.2 Å². The van der Waals surface area contributed by atoms with Crippen LogP contribution in [0, 0.1) is 0 Å². The summed E-state index contributed by atoms with van der Waals surface area (Å²) in [5.74, 6) is 0.503. The molecule has 1 atom stereocenters. The first-order chi connectivity index (χ1) is 7.83. The van der Waals surface area contributed by atoms with Crippen molar-refractivity contribution in [2.75, 3.05) is 7.11 Å². The summed E-state index contributed by atoms with van der Waals surface area (Å²) < 4.78 is 42.1. The Morgan fingerprint density at radius 2 is 2.06 bits per heavy atom. The molecule has 2 nitrogen and oxygen atoms in total. The number of hydrogen-bond donors (Lipinski definition) is 1. The van der Waals surface area contributed by atoms with E-state index in [9.17, 15) is 13.2 Å². The number of nitrogens with two attached hydrogens (primary N) is 1. The molecule has 0 radical (unpaired) electrons. The van der Waals surface area contributed by atoms with Crippen LogP contribution in [0.2, 0.25) is 0 Å². The average Bonchev–Trinajstić information content (AvgIpc) is 2.25.